The molecular formula is C8H15F3N2O. The van der Waals surface area contributed by atoms with Gasteiger partial charge in [0.05, 0.1) is 0 Å². The van der Waals surface area contributed by atoms with E-state index in [1.165, 1.54) is 0 Å². The van der Waals surface area contributed by atoms with Gasteiger partial charge < -0.3 is 10.0 Å². The second-order valence-corrected chi connectivity index (χ2v) is 3.66. The van der Waals surface area contributed by atoms with Crippen LogP contribution in [0.15, 0.2) is 0 Å². The first-order chi connectivity index (χ1) is 6.39. The summed E-state index contributed by atoms with van der Waals surface area (Å²) in [7, 11) is 1.93. The van der Waals surface area contributed by atoms with Crippen molar-refractivity contribution in [1.82, 2.24) is 9.80 Å². The molecule has 1 aliphatic rings. The molecule has 14 heavy (non-hydrogen) atoms. The maximum atomic E-state index is 12.0. The quantitative estimate of drug-likeness (QED) is 0.706. The molecule has 1 atom stereocenters. The van der Waals surface area contributed by atoms with Crippen molar-refractivity contribution in [3.8, 4) is 0 Å². The fourth-order valence-electron chi connectivity index (χ4n) is 1.38. The van der Waals surface area contributed by atoms with Gasteiger partial charge in [-0.15, -0.1) is 0 Å². The highest BCUT2D eigenvalue weighted by Crippen LogP contribution is 2.20. The molecule has 0 unspecified atom stereocenters. The monoisotopic (exact) mass is 212 g/mol. The van der Waals surface area contributed by atoms with Gasteiger partial charge >= 0.3 is 6.18 Å². The van der Waals surface area contributed by atoms with Gasteiger partial charge in [0.25, 0.3) is 0 Å². The molecule has 0 amide bonds. The number of nitrogens with zero attached hydrogens (tertiary/aromatic N) is 2. The number of likely N-dealkylation sites (N-methyl/N-ethyl adjacent to an activating group) is 1. The van der Waals surface area contributed by atoms with Crippen LogP contribution in [0, 0.1) is 0 Å². The highest BCUT2D eigenvalue weighted by atomic mass is 19.4. The van der Waals surface area contributed by atoms with Crippen LogP contribution in [-0.2, 0) is 0 Å². The van der Waals surface area contributed by atoms with Crippen molar-refractivity contribution in [2.75, 3.05) is 39.8 Å². The van der Waals surface area contributed by atoms with Gasteiger partial charge in [0.1, 0.15) is 0 Å². The Hall–Kier alpha value is -0.330. The zero-order valence-corrected chi connectivity index (χ0v) is 8.09. The van der Waals surface area contributed by atoms with Crippen LogP contribution in [0.3, 0.4) is 0 Å². The van der Waals surface area contributed by atoms with Crippen LogP contribution >= 0.6 is 0 Å². The molecule has 1 saturated heterocycles. The van der Waals surface area contributed by atoms with Gasteiger partial charge in [-0.25, -0.2) is 0 Å². The number of alkyl halides is 3. The molecule has 0 bridgehead atoms. The molecule has 1 N–H and O–H groups in total. The molecule has 0 radical (unpaired) electrons. The zero-order chi connectivity index (χ0) is 10.8. The predicted molar refractivity (Wildman–Crippen MR) is 46.0 cm³/mol. The second kappa shape index (κ2) is 4.46. The molecule has 1 fully saturated rings. The van der Waals surface area contributed by atoms with E-state index >= 15 is 0 Å². The minimum Gasteiger partial charge on any atom is -0.382 e. The normalized spacial score (nSPS) is 23.8. The maximum Gasteiger partial charge on any atom is 0.415 e. The van der Waals surface area contributed by atoms with Gasteiger partial charge in [0.2, 0.25) is 0 Å². The largest absolute Gasteiger partial charge is 0.415 e. The predicted octanol–water partition coefficient (Wildman–Crippen LogP) is 0.157. The maximum absolute atomic E-state index is 12.0. The van der Waals surface area contributed by atoms with Crippen molar-refractivity contribution in [3.05, 3.63) is 0 Å². The number of aliphatic hydroxyl groups is 1. The Labute approximate surface area is 81.1 Å². The average Bonchev–Trinajstić information content (AvgIpc) is 2.07. The summed E-state index contributed by atoms with van der Waals surface area (Å²) in [6.07, 6.45) is -6.71. The van der Waals surface area contributed by atoms with Gasteiger partial charge in [-0.05, 0) is 7.05 Å². The summed E-state index contributed by atoms with van der Waals surface area (Å²) in [6.45, 7) is 2.37. The molecule has 0 aromatic heterocycles. The Morgan fingerprint density at radius 2 is 1.71 bits per heavy atom. The Morgan fingerprint density at radius 1 is 1.21 bits per heavy atom. The summed E-state index contributed by atoms with van der Waals surface area (Å²) in [5, 5.41) is 8.82. The lowest BCUT2D eigenvalue weighted by atomic mass is 10.2. The van der Waals surface area contributed by atoms with E-state index in [1.807, 2.05) is 7.05 Å². The molecular weight excluding hydrogens is 197 g/mol. The van der Waals surface area contributed by atoms with Crippen molar-refractivity contribution in [3.63, 3.8) is 0 Å². The highest BCUT2D eigenvalue weighted by Gasteiger charge is 2.39. The standard InChI is InChI=1S/C8H15F3N2O/c1-12-2-4-13(5-3-12)6-7(14)8(9,10)11/h7,14H,2-6H2,1H3/t7-/m0/s1. The van der Waals surface area contributed by atoms with E-state index in [1.54, 1.807) is 4.90 Å². The molecule has 0 aromatic rings. The van der Waals surface area contributed by atoms with Crippen molar-refractivity contribution < 1.29 is 18.3 Å². The summed E-state index contributed by atoms with van der Waals surface area (Å²) < 4.78 is 36.0. The molecule has 1 rings (SSSR count). The highest BCUT2D eigenvalue weighted by molar-refractivity contribution is 4.75. The zero-order valence-electron chi connectivity index (χ0n) is 8.09. The van der Waals surface area contributed by atoms with Crippen LogP contribution in [-0.4, -0.2) is 67.0 Å². The SMILES string of the molecule is CN1CCN(C[C@H](O)C(F)(F)F)CC1. The topological polar surface area (TPSA) is 26.7 Å². The third-order valence-electron chi connectivity index (χ3n) is 2.40. The molecule has 3 nitrogen and oxygen atoms in total. The molecule has 0 spiro atoms. The van der Waals surface area contributed by atoms with E-state index in [0.717, 1.165) is 13.1 Å². The second-order valence-electron chi connectivity index (χ2n) is 3.66. The van der Waals surface area contributed by atoms with Crippen LogP contribution in [0.5, 0.6) is 0 Å². The Morgan fingerprint density at radius 3 is 2.14 bits per heavy atom. The van der Waals surface area contributed by atoms with Gasteiger partial charge in [-0.3, -0.25) is 4.90 Å². The van der Waals surface area contributed by atoms with Gasteiger partial charge in [-0.1, -0.05) is 0 Å². The lowest BCUT2D eigenvalue weighted by molar-refractivity contribution is -0.208. The summed E-state index contributed by atoms with van der Waals surface area (Å²) in [5.41, 5.74) is 0. The molecule has 0 aromatic carbocycles. The summed E-state index contributed by atoms with van der Waals surface area (Å²) >= 11 is 0. The summed E-state index contributed by atoms with van der Waals surface area (Å²) in [4.78, 5) is 3.69. The molecule has 0 saturated carbocycles. The fourth-order valence-corrected chi connectivity index (χ4v) is 1.38. The Kier molecular flexibility index (Phi) is 3.74. The fraction of sp³-hybridized carbons (Fsp3) is 1.00. The molecule has 0 aliphatic carbocycles. The molecule has 84 valence electrons. The Bertz CT molecular complexity index is 178. The minimum atomic E-state index is -4.50. The minimum absolute atomic E-state index is 0.308. The molecule has 1 heterocycles. The number of piperazine rings is 1. The van der Waals surface area contributed by atoms with E-state index in [2.05, 4.69) is 4.90 Å². The number of β-amino-alcohol motifs (C(OH)–C–C–N with tert-alkyl or cyclic N) is 1. The third-order valence-corrected chi connectivity index (χ3v) is 2.40. The van der Waals surface area contributed by atoms with Crippen LogP contribution < -0.4 is 0 Å². The smallest absolute Gasteiger partial charge is 0.382 e. The van der Waals surface area contributed by atoms with Gasteiger partial charge in [-0.2, -0.15) is 13.2 Å². The third kappa shape index (κ3) is 3.43. The first kappa shape index (κ1) is 11.7. The summed E-state index contributed by atoms with van der Waals surface area (Å²) in [6, 6.07) is 0. The first-order valence-corrected chi connectivity index (χ1v) is 4.55. The summed E-state index contributed by atoms with van der Waals surface area (Å²) in [5.74, 6) is 0. The lowest BCUT2D eigenvalue weighted by Crippen LogP contribution is -2.49. The van der Waals surface area contributed by atoms with E-state index in [0.29, 0.717) is 13.1 Å². The van der Waals surface area contributed by atoms with E-state index in [4.69, 9.17) is 5.11 Å². The van der Waals surface area contributed by atoms with Gasteiger partial charge in [0.15, 0.2) is 6.10 Å². The van der Waals surface area contributed by atoms with Gasteiger partial charge in [0, 0.05) is 32.7 Å². The number of aliphatic hydroxyl groups excluding tert-OH is 1. The Balaban J connectivity index is 2.31. The lowest BCUT2D eigenvalue weighted by Gasteiger charge is -2.33. The average molecular weight is 212 g/mol. The molecule has 1 aliphatic heterocycles. The van der Waals surface area contributed by atoms with Crippen LogP contribution in [0.1, 0.15) is 0 Å². The van der Waals surface area contributed by atoms with Crippen molar-refractivity contribution in [1.29, 1.82) is 0 Å². The number of halogens is 3. The van der Waals surface area contributed by atoms with Crippen molar-refractivity contribution in [2.24, 2.45) is 0 Å². The van der Waals surface area contributed by atoms with Crippen LogP contribution in [0.2, 0.25) is 0 Å². The number of rotatable bonds is 2. The van der Waals surface area contributed by atoms with E-state index < -0.39 is 12.3 Å². The van der Waals surface area contributed by atoms with Crippen molar-refractivity contribution in [2.45, 2.75) is 12.3 Å². The van der Waals surface area contributed by atoms with Crippen molar-refractivity contribution >= 4 is 0 Å². The van der Waals surface area contributed by atoms with E-state index in [9.17, 15) is 13.2 Å². The number of hydrogen-bond donors (Lipinski definition) is 1. The molecule has 6 heteroatoms. The van der Waals surface area contributed by atoms with E-state index in [-0.39, 0.29) is 6.54 Å². The first-order valence-electron chi connectivity index (χ1n) is 4.55. The van der Waals surface area contributed by atoms with Crippen LogP contribution in [0.4, 0.5) is 13.2 Å². The number of hydrogen-bond acceptors (Lipinski definition) is 3. The van der Waals surface area contributed by atoms with Crippen LogP contribution in [0.25, 0.3) is 0 Å².